The van der Waals surface area contributed by atoms with Gasteiger partial charge in [0.15, 0.2) is 0 Å². The highest BCUT2D eigenvalue weighted by atomic mass is 35.5. The van der Waals surface area contributed by atoms with Crippen molar-refractivity contribution in [2.45, 2.75) is 32.8 Å². The number of hydrogen-bond acceptors (Lipinski definition) is 2. The maximum atomic E-state index is 6.10. The van der Waals surface area contributed by atoms with Crippen LogP contribution < -0.4 is 10.5 Å². The van der Waals surface area contributed by atoms with Gasteiger partial charge in [-0.25, -0.2) is 0 Å². The molecule has 84 valence electrons. The van der Waals surface area contributed by atoms with Gasteiger partial charge in [-0.2, -0.15) is 0 Å². The molecule has 0 saturated carbocycles. The molecule has 2 N–H and O–H groups in total. The Hall–Kier alpha value is -0.730. The fraction of sp³-hybridized carbons (Fsp3) is 0.500. The number of ether oxygens (including phenoxy) is 1. The van der Waals surface area contributed by atoms with Crippen molar-refractivity contribution < 1.29 is 4.74 Å². The van der Waals surface area contributed by atoms with Crippen molar-refractivity contribution in [1.82, 2.24) is 0 Å². The van der Waals surface area contributed by atoms with Crippen LogP contribution in [0.25, 0.3) is 0 Å². The Balaban J connectivity index is 2.70. The topological polar surface area (TPSA) is 35.2 Å². The molecule has 0 amide bonds. The molecule has 1 aromatic carbocycles. The number of nitrogens with two attached hydrogens (primary N) is 1. The van der Waals surface area contributed by atoms with Gasteiger partial charge in [-0.05, 0) is 50.9 Å². The summed E-state index contributed by atoms with van der Waals surface area (Å²) in [6, 6.07) is 5.92. The van der Waals surface area contributed by atoms with E-state index in [2.05, 4.69) is 0 Å². The second-order valence-corrected chi connectivity index (χ2v) is 4.23. The molecule has 0 radical (unpaired) electrons. The zero-order valence-corrected chi connectivity index (χ0v) is 10.1. The maximum Gasteiger partial charge on any atom is 0.138 e. The van der Waals surface area contributed by atoms with E-state index in [-0.39, 0.29) is 6.10 Å². The lowest BCUT2D eigenvalue weighted by atomic mass is 10.1. The second-order valence-electron chi connectivity index (χ2n) is 3.82. The molecule has 0 aliphatic rings. The minimum absolute atomic E-state index is 0.150. The van der Waals surface area contributed by atoms with Crippen molar-refractivity contribution in [2.75, 3.05) is 6.54 Å². The Bertz CT molecular complexity index is 312. The average Bonchev–Trinajstić information content (AvgIpc) is 2.18. The van der Waals surface area contributed by atoms with Crippen molar-refractivity contribution >= 4 is 11.6 Å². The van der Waals surface area contributed by atoms with Crippen LogP contribution in [0.3, 0.4) is 0 Å². The molecule has 3 heteroatoms. The summed E-state index contributed by atoms with van der Waals surface area (Å²) >= 11 is 6.10. The first kappa shape index (κ1) is 12.3. The molecule has 0 saturated heterocycles. The number of benzene rings is 1. The van der Waals surface area contributed by atoms with Crippen LogP contribution in [0, 0.1) is 0 Å². The van der Waals surface area contributed by atoms with E-state index in [0.29, 0.717) is 11.6 Å². The van der Waals surface area contributed by atoms with Gasteiger partial charge in [0.1, 0.15) is 5.75 Å². The van der Waals surface area contributed by atoms with Gasteiger partial charge in [-0.3, -0.25) is 0 Å². The predicted octanol–water partition coefficient (Wildman–Crippen LogP) is 3.02. The molecule has 0 bridgehead atoms. The molecular weight excluding hydrogens is 210 g/mol. The van der Waals surface area contributed by atoms with Gasteiger partial charge in [0.2, 0.25) is 0 Å². The number of halogens is 1. The van der Waals surface area contributed by atoms with Crippen LogP contribution in [0.2, 0.25) is 5.02 Å². The molecule has 0 atom stereocenters. The summed E-state index contributed by atoms with van der Waals surface area (Å²) in [6.45, 7) is 4.68. The van der Waals surface area contributed by atoms with Gasteiger partial charge >= 0.3 is 0 Å². The highest BCUT2D eigenvalue weighted by Gasteiger charge is 2.04. The van der Waals surface area contributed by atoms with Crippen molar-refractivity contribution in [2.24, 2.45) is 5.73 Å². The Labute approximate surface area is 96.4 Å². The third-order valence-electron chi connectivity index (χ3n) is 2.03. The van der Waals surface area contributed by atoms with Gasteiger partial charge in [0.05, 0.1) is 11.1 Å². The van der Waals surface area contributed by atoms with E-state index >= 15 is 0 Å². The smallest absolute Gasteiger partial charge is 0.138 e. The summed E-state index contributed by atoms with van der Waals surface area (Å²) in [5.74, 6) is 0.753. The van der Waals surface area contributed by atoms with Gasteiger partial charge in [-0.1, -0.05) is 17.7 Å². The van der Waals surface area contributed by atoms with E-state index in [1.54, 1.807) is 0 Å². The molecule has 0 fully saturated rings. The molecule has 0 aliphatic carbocycles. The minimum atomic E-state index is 0.150. The highest BCUT2D eigenvalue weighted by Crippen LogP contribution is 2.26. The van der Waals surface area contributed by atoms with Crippen LogP contribution in [0.15, 0.2) is 18.2 Å². The summed E-state index contributed by atoms with van der Waals surface area (Å²) in [4.78, 5) is 0. The molecule has 1 aromatic rings. The lowest BCUT2D eigenvalue weighted by molar-refractivity contribution is 0.242. The van der Waals surface area contributed by atoms with E-state index in [1.165, 1.54) is 5.56 Å². The third kappa shape index (κ3) is 4.10. The maximum absolute atomic E-state index is 6.10. The summed E-state index contributed by atoms with van der Waals surface area (Å²) in [7, 11) is 0. The summed E-state index contributed by atoms with van der Waals surface area (Å²) < 4.78 is 5.55. The quantitative estimate of drug-likeness (QED) is 0.839. The van der Waals surface area contributed by atoms with Gasteiger partial charge in [0.25, 0.3) is 0 Å². The van der Waals surface area contributed by atoms with Crippen molar-refractivity contribution in [1.29, 1.82) is 0 Å². The zero-order chi connectivity index (χ0) is 11.3. The fourth-order valence-corrected chi connectivity index (χ4v) is 1.60. The Morgan fingerprint density at radius 2 is 2.13 bits per heavy atom. The van der Waals surface area contributed by atoms with Gasteiger partial charge in [0, 0.05) is 0 Å². The van der Waals surface area contributed by atoms with E-state index in [1.807, 2.05) is 32.0 Å². The molecule has 0 heterocycles. The van der Waals surface area contributed by atoms with Crippen LogP contribution in [0.1, 0.15) is 25.8 Å². The van der Waals surface area contributed by atoms with Crippen LogP contribution >= 0.6 is 11.6 Å². The lowest BCUT2D eigenvalue weighted by Gasteiger charge is -2.12. The van der Waals surface area contributed by atoms with Crippen LogP contribution in [0.5, 0.6) is 5.75 Å². The molecule has 0 unspecified atom stereocenters. The van der Waals surface area contributed by atoms with Crippen LogP contribution in [-0.2, 0) is 6.42 Å². The molecule has 0 spiro atoms. The fourth-order valence-electron chi connectivity index (χ4n) is 1.36. The van der Waals surface area contributed by atoms with Crippen molar-refractivity contribution in [3.8, 4) is 5.75 Å². The predicted molar refractivity (Wildman–Crippen MR) is 64.6 cm³/mol. The zero-order valence-electron chi connectivity index (χ0n) is 9.29. The Morgan fingerprint density at radius 1 is 1.40 bits per heavy atom. The summed E-state index contributed by atoms with van der Waals surface area (Å²) in [6.07, 6.45) is 2.11. The third-order valence-corrected chi connectivity index (χ3v) is 2.32. The summed E-state index contributed by atoms with van der Waals surface area (Å²) in [5, 5.41) is 0.679. The Kier molecular flexibility index (Phi) is 4.92. The first-order valence-electron chi connectivity index (χ1n) is 5.28. The van der Waals surface area contributed by atoms with Crippen LogP contribution in [-0.4, -0.2) is 12.6 Å². The monoisotopic (exact) mass is 227 g/mol. The first-order chi connectivity index (χ1) is 7.13. The normalized spacial score (nSPS) is 10.7. The molecular formula is C12H18ClNO. The Morgan fingerprint density at radius 3 is 2.67 bits per heavy atom. The van der Waals surface area contributed by atoms with Crippen LogP contribution in [0.4, 0.5) is 0 Å². The van der Waals surface area contributed by atoms with E-state index < -0.39 is 0 Å². The number of aryl methyl sites for hydroxylation is 1. The number of hydrogen-bond donors (Lipinski definition) is 1. The van der Waals surface area contributed by atoms with Crippen molar-refractivity contribution in [3.05, 3.63) is 28.8 Å². The largest absolute Gasteiger partial charge is 0.489 e. The molecule has 0 aliphatic heterocycles. The van der Waals surface area contributed by atoms with Crippen molar-refractivity contribution in [3.63, 3.8) is 0 Å². The summed E-state index contributed by atoms with van der Waals surface area (Å²) in [5.41, 5.74) is 6.66. The molecule has 15 heavy (non-hydrogen) atoms. The lowest BCUT2D eigenvalue weighted by Crippen LogP contribution is -2.06. The van der Waals surface area contributed by atoms with E-state index in [0.717, 1.165) is 18.6 Å². The molecule has 2 nitrogen and oxygen atoms in total. The standard InChI is InChI=1S/C12H18ClNO/c1-9(2)15-12-6-5-10(4-3-7-14)8-11(12)13/h5-6,8-9H,3-4,7,14H2,1-2H3. The molecule has 1 rings (SSSR count). The van der Waals surface area contributed by atoms with Gasteiger partial charge < -0.3 is 10.5 Å². The van der Waals surface area contributed by atoms with Gasteiger partial charge in [-0.15, -0.1) is 0 Å². The minimum Gasteiger partial charge on any atom is -0.489 e. The SMILES string of the molecule is CC(C)Oc1ccc(CCCN)cc1Cl. The first-order valence-corrected chi connectivity index (χ1v) is 5.66. The molecule has 0 aromatic heterocycles. The average molecular weight is 228 g/mol. The van der Waals surface area contributed by atoms with E-state index in [9.17, 15) is 0 Å². The second kappa shape index (κ2) is 5.99. The van der Waals surface area contributed by atoms with E-state index in [4.69, 9.17) is 22.1 Å². The number of rotatable bonds is 5. The highest BCUT2D eigenvalue weighted by molar-refractivity contribution is 6.32.